The lowest BCUT2D eigenvalue weighted by molar-refractivity contribution is -0.115. The van der Waals surface area contributed by atoms with Crippen molar-refractivity contribution in [3.8, 4) is 0 Å². The van der Waals surface area contributed by atoms with Crippen LogP contribution in [0, 0.1) is 6.92 Å². The Morgan fingerprint density at radius 2 is 2.18 bits per heavy atom. The number of carbonyl (C=O) groups is 2. The Bertz CT molecular complexity index is 736. The Morgan fingerprint density at radius 1 is 1.50 bits per heavy atom. The highest BCUT2D eigenvalue weighted by Crippen LogP contribution is 2.33. The third kappa shape index (κ3) is 3.31. The van der Waals surface area contributed by atoms with Crippen molar-refractivity contribution in [2.24, 2.45) is 5.73 Å². The molecule has 0 spiro atoms. The monoisotopic (exact) mass is 363 g/mol. The fourth-order valence-electron chi connectivity index (χ4n) is 1.90. The number of sulfonamides is 1. The summed E-state index contributed by atoms with van der Waals surface area (Å²) in [6.45, 7) is 1.98. The first-order valence-corrected chi connectivity index (χ1v) is 9.05. The van der Waals surface area contributed by atoms with Crippen molar-refractivity contribution in [2.45, 2.75) is 16.7 Å². The van der Waals surface area contributed by atoms with Gasteiger partial charge in [-0.15, -0.1) is 11.8 Å². The maximum Gasteiger partial charge on any atom is 0.331 e. The van der Waals surface area contributed by atoms with Crippen molar-refractivity contribution >= 4 is 45.3 Å². The topological polar surface area (TPSA) is 110 Å². The number of nitrogens with one attached hydrogen (secondary N) is 1. The Hall–Kier alpha value is -1.45. The van der Waals surface area contributed by atoms with E-state index in [2.05, 4.69) is 5.32 Å². The zero-order valence-electron chi connectivity index (χ0n) is 11.6. The van der Waals surface area contributed by atoms with Crippen molar-refractivity contribution in [3.05, 3.63) is 22.7 Å². The van der Waals surface area contributed by atoms with E-state index < -0.39 is 22.0 Å². The highest BCUT2D eigenvalue weighted by Gasteiger charge is 2.34. The van der Waals surface area contributed by atoms with Gasteiger partial charge in [0.1, 0.15) is 4.90 Å². The summed E-state index contributed by atoms with van der Waals surface area (Å²) in [5.74, 6) is -0.669. The van der Waals surface area contributed by atoms with Gasteiger partial charge in [-0.25, -0.2) is 17.5 Å². The summed E-state index contributed by atoms with van der Waals surface area (Å²) in [6, 6.07) is 2.19. The Balaban J connectivity index is 2.50. The third-order valence-corrected chi connectivity index (χ3v) is 6.42. The lowest BCUT2D eigenvalue weighted by Gasteiger charge is -2.18. The number of nitrogens with two attached hydrogens (primary N) is 1. The van der Waals surface area contributed by atoms with Gasteiger partial charge in [-0.2, -0.15) is 0 Å². The lowest BCUT2D eigenvalue weighted by atomic mass is 10.2. The number of urea groups is 1. The van der Waals surface area contributed by atoms with E-state index in [0.29, 0.717) is 10.6 Å². The number of rotatable bonds is 5. The molecule has 1 aliphatic heterocycles. The zero-order valence-corrected chi connectivity index (χ0v) is 14.0. The lowest BCUT2D eigenvalue weighted by Crippen LogP contribution is -2.34. The second-order valence-corrected chi connectivity index (χ2v) is 7.87. The molecule has 0 radical (unpaired) electrons. The normalized spacial score (nSPS) is 15.0. The molecule has 0 saturated carbocycles. The predicted octanol–water partition coefficient (Wildman–Crippen LogP) is 0.940. The molecule has 3 N–H and O–H groups in total. The molecule has 0 aliphatic carbocycles. The predicted molar refractivity (Wildman–Crippen MR) is 83.4 cm³/mol. The summed E-state index contributed by atoms with van der Waals surface area (Å²) in [4.78, 5) is 22.8. The van der Waals surface area contributed by atoms with Crippen molar-refractivity contribution in [1.82, 2.24) is 9.62 Å². The van der Waals surface area contributed by atoms with Gasteiger partial charge in [0.2, 0.25) is 5.91 Å². The van der Waals surface area contributed by atoms with Gasteiger partial charge in [0, 0.05) is 16.5 Å². The molecular weight excluding hydrogens is 350 g/mol. The Kier molecular flexibility index (Phi) is 4.88. The maximum atomic E-state index is 12.7. The molecule has 1 fully saturated rings. The van der Waals surface area contributed by atoms with Crippen LogP contribution in [0.1, 0.15) is 5.56 Å². The van der Waals surface area contributed by atoms with Crippen LogP contribution < -0.4 is 11.1 Å². The average molecular weight is 364 g/mol. The minimum atomic E-state index is -4.02. The smallest absolute Gasteiger partial charge is 0.331 e. The fourth-order valence-corrected chi connectivity index (χ4v) is 4.81. The molecule has 1 aromatic carbocycles. The highest BCUT2D eigenvalue weighted by molar-refractivity contribution is 8.00. The molecular formula is C12H14ClN3O4S2. The molecule has 1 aromatic rings. The van der Waals surface area contributed by atoms with E-state index in [0.717, 1.165) is 16.1 Å². The average Bonchev–Trinajstić information content (AvgIpc) is 2.86. The van der Waals surface area contributed by atoms with Crippen LogP contribution in [0.2, 0.25) is 5.02 Å². The standard InChI is InChI=1S/C12H14ClN3O4S2/c1-7-4-10(9(5-8(7)13)21-6-11(14)17)22(19,20)16-3-2-15-12(16)18/h4-5H,2-3,6H2,1H3,(H2,14,17)(H,15,18). The number of thioether (sulfide) groups is 1. The number of hydrogen-bond acceptors (Lipinski definition) is 5. The van der Waals surface area contributed by atoms with E-state index in [1.807, 2.05) is 0 Å². The van der Waals surface area contributed by atoms with E-state index in [1.54, 1.807) is 6.92 Å². The molecule has 3 amide bonds. The SMILES string of the molecule is Cc1cc(S(=O)(=O)N2CCNC2=O)c(SCC(N)=O)cc1Cl. The molecule has 1 aliphatic rings. The number of halogens is 1. The van der Waals surface area contributed by atoms with Gasteiger partial charge in [-0.3, -0.25) is 4.79 Å². The molecule has 2 rings (SSSR count). The van der Waals surface area contributed by atoms with Gasteiger partial charge in [-0.1, -0.05) is 11.6 Å². The fraction of sp³-hybridized carbons (Fsp3) is 0.333. The molecule has 1 heterocycles. The van der Waals surface area contributed by atoms with Gasteiger partial charge in [-0.05, 0) is 24.6 Å². The van der Waals surface area contributed by atoms with Crippen LogP contribution in [-0.4, -0.2) is 43.5 Å². The van der Waals surface area contributed by atoms with Gasteiger partial charge in [0.05, 0.1) is 12.3 Å². The Morgan fingerprint density at radius 3 is 2.73 bits per heavy atom. The molecule has 120 valence electrons. The van der Waals surface area contributed by atoms with Crippen molar-refractivity contribution in [1.29, 1.82) is 0 Å². The third-order valence-electron chi connectivity index (χ3n) is 2.98. The minimum Gasteiger partial charge on any atom is -0.369 e. The quantitative estimate of drug-likeness (QED) is 0.756. The first-order chi connectivity index (χ1) is 10.2. The van der Waals surface area contributed by atoms with Gasteiger partial charge >= 0.3 is 6.03 Å². The van der Waals surface area contributed by atoms with Crippen molar-refractivity contribution in [3.63, 3.8) is 0 Å². The molecule has 0 aromatic heterocycles. The van der Waals surface area contributed by atoms with Crippen LogP contribution in [0.15, 0.2) is 21.9 Å². The van der Waals surface area contributed by atoms with Gasteiger partial charge in [0.25, 0.3) is 10.0 Å². The van der Waals surface area contributed by atoms with E-state index in [1.165, 1.54) is 12.1 Å². The molecule has 0 atom stereocenters. The number of primary amides is 1. The first kappa shape index (κ1) is 16.9. The number of amides is 3. The number of nitrogens with zero attached hydrogens (tertiary/aromatic N) is 1. The summed E-state index contributed by atoms with van der Waals surface area (Å²) >= 11 is 6.99. The second kappa shape index (κ2) is 6.35. The number of carbonyl (C=O) groups excluding carboxylic acids is 2. The van der Waals surface area contributed by atoms with E-state index in [-0.39, 0.29) is 28.6 Å². The largest absolute Gasteiger partial charge is 0.369 e. The number of hydrogen-bond donors (Lipinski definition) is 2. The second-order valence-electron chi connectivity index (χ2n) is 4.61. The van der Waals surface area contributed by atoms with Crippen LogP contribution in [0.25, 0.3) is 0 Å². The molecule has 7 nitrogen and oxygen atoms in total. The van der Waals surface area contributed by atoms with Gasteiger partial charge in [0.15, 0.2) is 0 Å². The maximum absolute atomic E-state index is 12.7. The molecule has 0 bridgehead atoms. The minimum absolute atomic E-state index is 0.0577. The van der Waals surface area contributed by atoms with Gasteiger partial charge < -0.3 is 11.1 Å². The molecule has 22 heavy (non-hydrogen) atoms. The molecule has 0 unspecified atom stereocenters. The van der Waals surface area contributed by atoms with Crippen molar-refractivity contribution < 1.29 is 18.0 Å². The number of aryl methyl sites for hydroxylation is 1. The number of benzene rings is 1. The molecule has 10 heteroatoms. The first-order valence-electron chi connectivity index (χ1n) is 6.25. The van der Waals surface area contributed by atoms with Crippen LogP contribution in [-0.2, 0) is 14.8 Å². The van der Waals surface area contributed by atoms with Crippen LogP contribution >= 0.6 is 23.4 Å². The summed E-state index contributed by atoms with van der Waals surface area (Å²) in [6.07, 6.45) is 0. The molecule has 1 saturated heterocycles. The summed E-state index contributed by atoms with van der Waals surface area (Å²) in [7, 11) is -4.02. The summed E-state index contributed by atoms with van der Waals surface area (Å²) < 4.78 is 26.1. The van der Waals surface area contributed by atoms with Crippen molar-refractivity contribution in [2.75, 3.05) is 18.8 Å². The highest BCUT2D eigenvalue weighted by atomic mass is 35.5. The van der Waals surface area contributed by atoms with E-state index >= 15 is 0 Å². The summed E-state index contributed by atoms with van der Waals surface area (Å²) in [5.41, 5.74) is 5.65. The van der Waals surface area contributed by atoms with Crippen LogP contribution in [0.5, 0.6) is 0 Å². The zero-order chi connectivity index (χ0) is 16.5. The van der Waals surface area contributed by atoms with E-state index in [9.17, 15) is 18.0 Å². The Labute approximate surface area is 137 Å². The van der Waals surface area contributed by atoms with Crippen LogP contribution in [0.4, 0.5) is 4.79 Å². The van der Waals surface area contributed by atoms with Crippen LogP contribution in [0.3, 0.4) is 0 Å². The van der Waals surface area contributed by atoms with E-state index in [4.69, 9.17) is 17.3 Å². The summed E-state index contributed by atoms with van der Waals surface area (Å²) in [5, 5.41) is 2.81.